The van der Waals surface area contributed by atoms with Crippen LogP contribution < -0.4 is 10.6 Å². The number of pyridine rings is 1. The SMILES string of the molecule is Nc1cncc(F)c1N1CCN2CCOC[C@H]2C1. The van der Waals surface area contributed by atoms with Crippen molar-refractivity contribution >= 4 is 11.4 Å². The van der Waals surface area contributed by atoms with Gasteiger partial charge in [-0.25, -0.2) is 4.39 Å². The minimum atomic E-state index is -0.347. The molecule has 5 nitrogen and oxygen atoms in total. The molecule has 0 bridgehead atoms. The van der Waals surface area contributed by atoms with Gasteiger partial charge in [-0.05, 0) is 0 Å². The van der Waals surface area contributed by atoms with E-state index < -0.39 is 0 Å². The Kier molecular flexibility index (Phi) is 3.05. The standard InChI is InChI=1S/C12H17FN4O/c13-10-5-15-6-11(14)12(10)17-2-1-16-3-4-18-8-9(16)7-17/h5-6,9H,1-4,7-8,14H2/t9-/m1/s1. The summed E-state index contributed by atoms with van der Waals surface area (Å²) < 4.78 is 19.3. The Morgan fingerprint density at radius 1 is 1.33 bits per heavy atom. The van der Waals surface area contributed by atoms with Crippen molar-refractivity contribution in [2.24, 2.45) is 0 Å². The van der Waals surface area contributed by atoms with Crippen LogP contribution in [0.25, 0.3) is 0 Å². The molecule has 3 heterocycles. The molecule has 2 aliphatic heterocycles. The van der Waals surface area contributed by atoms with E-state index in [1.807, 2.05) is 4.90 Å². The number of rotatable bonds is 1. The third-order valence-electron chi connectivity index (χ3n) is 3.66. The van der Waals surface area contributed by atoms with E-state index in [9.17, 15) is 4.39 Å². The van der Waals surface area contributed by atoms with Gasteiger partial charge in [0.05, 0.1) is 43.0 Å². The fourth-order valence-electron chi connectivity index (χ4n) is 2.73. The molecule has 18 heavy (non-hydrogen) atoms. The smallest absolute Gasteiger partial charge is 0.166 e. The van der Waals surface area contributed by atoms with Crippen molar-refractivity contribution in [3.8, 4) is 0 Å². The highest BCUT2D eigenvalue weighted by Gasteiger charge is 2.31. The lowest BCUT2D eigenvalue weighted by atomic mass is 10.1. The molecular formula is C12H17FN4O. The van der Waals surface area contributed by atoms with E-state index in [0.29, 0.717) is 24.0 Å². The van der Waals surface area contributed by atoms with Gasteiger partial charge < -0.3 is 15.4 Å². The number of nitrogens with zero attached hydrogens (tertiary/aromatic N) is 3. The van der Waals surface area contributed by atoms with Crippen molar-refractivity contribution in [3.63, 3.8) is 0 Å². The van der Waals surface area contributed by atoms with Crippen LogP contribution in [0.5, 0.6) is 0 Å². The molecule has 2 saturated heterocycles. The average molecular weight is 252 g/mol. The summed E-state index contributed by atoms with van der Waals surface area (Å²) in [7, 11) is 0. The molecular weight excluding hydrogens is 235 g/mol. The molecule has 1 atom stereocenters. The largest absolute Gasteiger partial charge is 0.396 e. The molecule has 0 radical (unpaired) electrons. The summed E-state index contributed by atoms with van der Waals surface area (Å²) in [6.07, 6.45) is 2.72. The first kappa shape index (κ1) is 11.7. The Balaban J connectivity index is 1.81. The van der Waals surface area contributed by atoms with Crippen molar-refractivity contribution in [1.29, 1.82) is 0 Å². The zero-order chi connectivity index (χ0) is 12.5. The normalized spacial score (nSPS) is 24.9. The number of aromatic nitrogens is 1. The third-order valence-corrected chi connectivity index (χ3v) is 3.66. The van der Waals surface area contributed by atoms with Gasteiger partial charge in [0.1, 0.15) is 0 Å². The summed E-state index contributed by atoms with van der Waals surface area (Å²) in [5.41, 5.74) is 6.72. The number of nitrogen functional groups attached to an aromatic ring is 1. The summed E-state index contributed by atoms with van der Waals surface area (Å²) in [5, 5.41) is 0. The number of piperazine rings is 1. The predicted octanol–water partition coefficient (Wildman–Crippen LogP) is 0.324. The Morgan fingerprint density at radius 3 is 3.06 bits per heavy atom. The van der Waals surface area contributed by atoms with Crippen LogP contribution in [0.3, 0.4) is 0 Å². The van der Waals surface area contributed by atoms with Gasteiger partial charge in [-0.15, -0.1) is 0 Å². The van der Waals surface area contributed by atoms with Crippen molar-refractivity contribution in [2.75, 3.05) is 50.0 Å². The highest BCUT2D eigenvalue weighted by atomic mass is 19.1. The number of halogens is 1. The van der Waals surface area contributed by atoms with Crippen LogP contribution in [-0.4, -0.2) is 55.3 Å². The number of hydrogen-bond acceptors (Lipinski definition) is 5. The van der Waals surface area contributed by atoms with Crippen molar-refractivity contribution in [2.45, 2.75) is 6.04 Å². The molecule has 0 spiro atoms. The van der Waals surface area contributed by atoms with Gasteiger partial charge in [0, 0.05) is 26.2 Å². The fourth-order valence-corrected chi connectivity index (χ4v) is 2.73. The minimum Gasteiger partial charge on any atom is -0.396 e. The molecule has 0 aliphatic carbocycles. The number of anilines is 2. The van der Waals surface area contributed by atoms with Gasteiger partial charge in [-0.1, -0.05) is 0 Å². The zero-order valence-corrected chi connectivity index (χ0v) is 10.2. The second-order valence-electron chi connectivity index (χ2n) is 4.77. The maximum absolute atomic E-state index is 13.8. The lowest BCUT2D eigenvalue weighted by molar-refractivity contribution is -0.0117. The molecule has 2 aliphatic rings. The van der Waals surface area contributed by atoms with E-state index in [4.69, 9.17) is 10.5 Å². The van der Waals surface area contributed by atoms with E-state index in [1.54, 1.807) is 0 Å². The zero-order valence-electron chi connectivity index (χ0n) is 10.2. The molecule has 98 valence electrons. The molecule has 2 fully saturated rings. The molecule has 2 N–H and O–H groups in total. The summed E-state index contributed by atoms with van der Waals surface area (Å²) in [6.45, 7) is 4.94. The summed E-state index contributed by atoms with van der Waals surface area (Å²) in [4.78, 5) is 8.16. The predicted molar refractivity (Wildman–Crippen MR) is 67.0 cm³/mol. The molecule has 3 rings (SSSR count). The van der Waals surface area contributed by atoms with Crippen LogP contribution in [0.4, 0.5) is 15.8 Å². The van der Waals surface area contributed by atoms with Gasteiger partial charge in [0.25, 0.3) is 0 Å². The van der Waals surface area contributed by atoms with Crippen molar-refractivity contribution < 1.29 is 9.13 Å². The fraction of sp³-hybridized carbons (Fsp3) is 0.583. The third kappa shape index (κ3) is 2.02. The van der Waals surface area contributed by atoms with E-state index in [1.165, 1.54) is 12.4 Å². The Hall–Kier alpha value is -1.40. The summed E-state index contributed by atoms with van der Waals surface area (Å²) in [6, 6.07) is 0.333. The van der Waals surface area contributed by atoms with Crippen LogP contribution in [0.15, 0.2) is 12.4 Å². The Morgan fingerprint density at radius 2 is 2.22 bits per heavy atom. The maximum atomic E-state index is 13.8. The molecule has 0 unspecified atom stereocenters. The molecule has 0 amide bonds. The molecule has 0 saturated carbocycles. The second kappa shape index (κ2) is 4.70. The minimum absolute atomic E-state index is 0.333. The topological polar surface area (TPSA) is 54.6 Å². The number of ether oxygens (including phenoxy) is 1. The van der Waals surface area contributed by atoms with Crippen molar-refractivity contribution in [1.82, 2.24) is 9.88 Å². The van der Waals surface area contributed by atoms with Gasteiger partial charge in [0.2, 0.25) is 0 Å². The van der Waals surface area contributed by atoms with Gasteiger partial charge in [0.15, 0.2) is 5.82 Å². The van der Waals surface area contributed by atoms with Gasteiger partial charge in [-0.3, -0.25) is 9.88 Å². The Labute approximate surface area is 105 Å². The number of hydrogen-bond donors (Lipinski definition) is 1. The number of morpholine rings is 1. The first-order chi connectivity index (χ1) is 8.75. The van der Waals surface area contributed by atoms with Crippen LogP contribution in [-0.2, 0) is 4.74 Å². The number of fused-ring (bicyclic) bond motifs is 1. The maximum Gasteiger partial charge on any atom is 0.166 e. The van der Waals surface area contributed by atoms with Crippen LogP contribution in [0.2, 0.25) is 0 Å². The first-order valence-corrected chi connectivity index (χ1v) is 6.21. The van der Waals surface area contributed by atoms with Gasteiger partial charge >= 0.3 is 0 Å². The molecule has 1 aromatic heterocycles. The van der Waals surface area contributed by atoms with Crippen LogP contribution >= 0.6 is 0 Å². The molecule has 1 aromatic rings. The lowest BCUT2D eigenvalue weighted by Crippen LogP contribution is -2.58. The summed E-state index contributed by atoms with van der Waals surface area (Å²) >= 11 is 0. The molecule has 0 aromatic carbocycles. The van der Waals surface area contributed by atoms with E-state index in [0.717, 1.165) is 32.8 Å². The van der Waals surface area contributed by atoms with Crippen LogP contribution in [0.1, 0.15) is 0 Å². The molecule has 6 heteroatoms. The monoisotopic (exact) mass is 252 g/mol. The van der Waals surface area contributed by atoms with E-state index >= 15 is 0 Å². The lowest BCUT2D eigenvalue weighted by Gasteiger charge is -2.44. The van der Waals surface area contributed by atoms with Gasteiger partial charge in [-0.2, -0.15) is 0 Å². The Bertz CT molecular complexity index is 422. The highest BCUT2D eigenvalue weighted by molar-refractivity contribution is 5.67. The van der Waals surface area contributed by atoms with E-state index in [-0.39, 0.29) is 5.82 Å². The highest BCUT2D eigenvalue weighted by Crippen LogP contribution is 2.28. The second-order valence-corrected chi connectivity index (χ2v) is 4.77. The average Bonchev–Trinajstić information content (AvgIpc) is 2.38. The quantitative estimate of drug-likeness (QED) is 0.780. The first-order valence-electron chi connectivity index (χ1n) is 6.21. The number of nitrogens with two attached hydrogens (primary N) is 1. The summed E-state index contributed by atoms with van der Waals surface area (Å²) in [5.74, 6) is -0.347. The van der Waals surface area contributed by atoms with E-state index in [2.05, 4.69) is 9.88 Å². The van der Waals surface area contributed by atoms with Crippen LogP contribution in [0, 0.1) is 5.82 Å². The van der Waals surface area contributed by atoms with Crippen molar-refractivity contribution in [3.05, 3.63) is 18.2 Å².